The number of benzene rings is 1. The molecule has 0 radical (unpaired) electrons. The van der Waals surface area contributed by atoms with Gasteiger partial charge in [0.05, 0.1) is 0 Å². The highest BCUT2D eigenvalue weighted by Gasteiger charge is 2.18. The minimum absolute atomic E-state index is 0.501. The number of aliphatic carboxylic acids is 1. The van der Waals surface area contributed by atoms with Crippen LogP contribution in [0.1, 0.15) is 18.1 Å². The first-order chi connectivity index (χ1) is 6.68. The van der Waals surface area contributed by atoms with Crippen LogP contribution < -0.4 is 0 Å². The van der Waals surface area contributed by atoms with Crippen molar-refractivity contribution >= 4 is 5.97 Å². The standard InChI is InChI=1S/C12H12O2/c1-8(12(13)14)11-6-9-4-2-3-5-10(9)7-11/h2-5H,6-7H2,1H3,(H,13,14). The zero-order valence-electron chi connectivity index (χ0n) is 8.08. The van der Waals surface area contributed by atoms with E-state index in [2.05, 4.69) is 12.1 Å². The zero-order valence-corrected chi connectivity index (χ0v) is 8.08. The highest BCUT2D eigenvalue weighted by Crippen LogP contribution is 2.27. The summed E-state index contributed by atoms with van der Waals surface area (Å²) in [5.41, 5.74) is 4.08. The number of rotatable bonds is 1. The maximum absolute atomic E-state index is 10.8. The zero-order chi connectivity index (χ0) is 10.1. The van der Waals surface area contributed by atoms with E-state index in [0.29, 0.717) is 5.57 Å². The molecular formula is C12H12O2. The number of hydrogen-bond donors (Lipinski definition) is 1. The van der Waals surface area contributed by atoms with E-state index in [1.165, 1.54) is 11.1 Å². The molecular weight excluding hydrogens is 176 g/mol. The van der Waals surface area contributed by atoms with Crippen LogP contribution in [0.2, 0.25) is 0 Å². The fourth-order valence-corrected chi connectivity index (χ4v) is 1.84. The van der Waals surface area contributed by atoms with Gasteiger partial charge >= 0.3 is 5.97 Å². The van der Waals surface area contributed by atoms with Crippen molar-refractivity contribution < 1.29 is 9.90 Å². The molecule has 2 rings (SSSR count). The summed E-state index contributed by atoms with van der Waals surface area (Å²) < 4.78 is 0. The summed E-state index contributed by atoms with van der Waals surface area (Å²) in [5.74, 6) is -0.798. The molecule has 1 aromatic carbocycles. The summed E-state index contributed by atoms with van der Waals surface area (Å²) in [7, 11) is 0. The van der Waals surface area contributed by atoms with Gasteiger partial charge in [0.2, 0.25) is 0 Å². The number of carboxylic acid groups (broad SMARTS) is 1. The smallest absolute Gasteiger partial charge is 0.331 e. The second-order valence-corrected chi connectivity index (χ2v) is 3.66. The average molecular weight is 188 g/mol. The maximum atomic E-state index is 10.8. The van der Waals surface area contributed by atoms with Crippen molar-refractivity contribution in [3.05, 3.63) is 46.5 Å². The van der Waals surface area contributed by atoms with E-state index in [9.17, 15) is 4.79 Å². The molecule has 0 saturated heterocycles. The molecule has 2 heteroatoms. The van der Waals surface area contributed by atoms with Gasteiger partial charge in [-0.05, 0) is 30.9 Å². The summed E-state index contributed by atoms with van der Waals surface area (Å²) in [6.07, 6.45) is 1.60. The van der Waals surface area contributed by atoms with Crippen LogP contribution >= 0.6 is 0 Å². The lowest BCUT2D eigenvalue weighted by Crippen LogP contribution is -2.01. The van der Waals surface area contributed by atoms with Crippen molar-refractivity contribution in [2.45, 2.75) is 19.8 Å². The van der Waals surface area contributed by atoms with Gasteiger partial charge in [-0.3, -0.25) is 0 Å². The number of carbonyl (C=O) groups is 1. The Morgan fingerprint density at radius 2 is 1.71 bits per heavy atom. The SMILES string of the molecule is CC(C(=O)O)=C1Cc2ccccc2C1. The quantitative estimate of drug-likeness (QED) is 0.686. The van der Waals surface area contributed by atoms with Crippen LogP contribution in [0.5, 0.6) is 0 Å². The molecule has 0 unspecified atom stereocenters. The molecule has 0 aromatic heterocycles. The van der Waals surface area contributed by atoms with Crippen LogP contribution in [0.3, 0.4) is 0 Å². The van der Waals surface area contributed by atoms with Crippen molar-refractivity contribution in [1.82, 2.24) is 0 Å². The molecule has 1 N–H and O–H groups in total. The first kappa shape index (κ1) is 9.00. The molecule has 1 aliphatic rings. The molecule has 0 spiro atoms. The largest absolute Gasteiger partial charge is 0.478 e. The molecule has 0 heterocycles. The minimum atomic E-state index is -0.798. The van der Waals surface area contributed by atoms with E-state index in [0.717, 1.165) is 18.4 Å². The van der Waals surface area contributed by atoms with Crippen LogP contribution in [-0.2, 0) is 17.6 Å². The van der Waals surface area contributed by atoms with E-state index >= 15 is 0 Å². The number of allylic oxidation sites excluding steroid dienone is 1. The summed E-state index contributed by atoms with van der Waals surface area (Å²) in [4.78, 5) is 10.8. The Hall–Kier alpha value is -1.57. The fourth-order valence-electron chi connectivity index (χ4n) is 1.84. The van der Waals surface area contributed by atoms with Gasteiger partial charge in [-0.1, -0.05) is 29.8 Å². The van der Waals surface area contributed by atoms with E-state index in [4.69, 9.17) is 5.11 Å². The lowest BCUT2D eigenvalue weighted by atomic mass is 10.1. The number of fused-ring (bicyclic) bond motifs is 1. The molecule has 1 aliphatic carbocycles. The van der Waals surface area contributed by atoms with Crippen molar-refractivity contribution in [1.29, 1.82) is 0 Å². The van der Waals surface area contributed by atoms with Gasteiger partial charge in [0.25, 0.3) is 0 Å². The first-order valence-electron chi connectivity index (χ1n) is 4.67. The van der Waals surface area contributed by atoms with Crippen molar-refractivity contribution in [3.8, 4) is 0 Å². The van der Waals surface area contributed by atoms with Crippen LogP contribution in [-0.4, -0.2) is 11.1 Å². The molecule has 0 fully saturated rings. The molecule has 0 aliphatic heterocycles. The van der Waals surface area contributed by atoms with Gasteiger partial charge in [-0.2, -0.15) is 0 Å². The molecule has 72 valence electrons. The summed E-state index contributed by atoms with van der Waals surface area (Å²) in [6, 6.07) is 8.13. The van der Waals surface area contributed by atoms with Gasteiger partial charge in [0, 0.05) is 5.57 Å². The molecule has 14 heavy (non-hydrogen) atoms. The lowest BCUT2D eigenvalue weighted by molar-refractivity contribution is -0.132. The highest BCUT2D eigenvalue weighted by molar-refractivity contribution is 5.87. The van der Waals surface area contributed by atoms with Crippen molar-refractivity contribution in [3.63, 3.8) is 0 Å². The molecule has 2 nitrogen and oxygen atoms in total. The topological polar surface area (TPSA) is 37.3 Å². The Kier molecular flexibility index (Phi) is 2.12. The Labute approximate surface area is 82.9 Å². The van der Waals surface area contributed by atoms with Gasteiger partial charge in [-0.15, -0.1) is 0 Å². The van der Waals surface area contributed by atoms with Crippen LogP contribution in [0.4, 0.5) is 0 Å². The second kappa shape index (κ2) is 3.29. The van der Waals surface area contributed by atoms with E-state index < -0.39 is 5.97 Å². The van der Waals surface area contributed by atoms with Crippen molar-refractivity contribution in [2.24, 2.45) is 0 Å². The predicted molar refractivity (Wildman–Crippen MR) is 54.2 cm³/mol. The van der Waals surface area contributed by atoms with Gasteiger partial charge in [0.15, 0.2) is 0 Å². The monoisotopic (exact) mass is 188 g/mol. The Morgan fingerprint density at radius 3 is 2.14 bits per heavy atom. The Bertz CT molecular complexity index is 389. The van der Waals surface area contributed by atoms with Crippen LogP contribution in [0.15, 0.2) is 35.4 Å². The predicted octanol–water partition coefficient (Wildman–Crippen LogP) is 2.19. The van der Waals surface area contributed by atoms with Crippen LogP contribution in [0, 0.1) is 0 Å². The lowest BCUT2D eigenvalue weighted by Gasteiger charge is -1.98. The fraction of sp³-hybridized carbons (Fsp3) is 0.250. The molecule has 1 aromatic rings. The molecule has 0 atom stereocenters. The molecule has 0 amide bonds. The first-order valence-corrected chi connectivity index (χ1v) is 4.67. The third-order valence-electron chi connectivity index (χ3n) is 2.78. The molecule has 0 bridgehead atoms. The Balaban J connectivity index is 2.36. The minimum Gasteiger partial charge on any atom is -0.478 e. The van der Waals surface area contributed by atoms with E-state index in [1.807, 2.05) is 12.1 Å². The van der Waals surface area contributed by atoms with Crippen molar-refractivity contribution in [2.75, 3.05) is 0 Å². The summed E-state index contributed by atoms with van der Waals surface area (Å²) in [5, 5.41) is 8.86. The number of carboxylic acids is 1. The second-order valence-electron chi connectivity index (χ2n) is 3.66. The highest BCUT2D eigenvalue weighted by atomic mass is 16.4. The normalized spacial score (nSPS) is 13.9. The van der Waals surface area contributed by atoms with Gasteiger partial charge in [0.1, 0.15) is 0 Å². The van der Waals surface area contributed by atoms with E-state index in [1.54, 1.807) is 6.92 Å². The third-order valence-corrected chi connectivity index (χ3v) is 2.78. The average Bonchev–Trinajstić information content (AvgIpc) is 2.59. The molecule has 0 saturated carbocycles. The summed E-state index contributed by atoms with van der Waals surface area (Å²) in [6.45, 7) is 1.68. The van der Waals surface area contributed by atoms with Gasteiger partial charge < -0.3 is 5.11 Å². The maximum Gasteiger partial charge on any atom is 0.331 e. The Morgan fingerprint density at radius 1 is 1.21 bits per heavy atom. The number of hydrogen-bond acceptors (Lipinski definition) is 1. The summed E-state index contributed by atoms with van der Waals surface area (Å²) >= 11 is 0. The van der Waals surface area contributed by atoms with Gasteiger partial charge in [-0.25, -0.2) is 4.79 Å². The van der Waals surface area contributed by atoms with Crippen LogP contribution in [0.25, 0.3) is 0 Å². The van der Waals surface area contributed by atoms with E-state index in [-0.39, 0.29) is 0 Å². The third kappa shape index (κ3) is 1.43.